The molecule has 0 atom stereocenters. The van der Waals surface area contributed by atoms with Crippen LogP contribution in [0.25, 0.3) is 0 Å². The summed E-state index contributed by atoms with van der Waals surface area (Å²) >= 11 is 0. The Morgan fingerprint density at radius 2 is 1.26 bits per heavy atom. The third-order valence-corrected chi connectivity index (χ3v) is 12.3. The minimum absolute atomic E-state index is 0. The van der Waals surface area contributed by atoms with Crippen LogP contribution in [0.3, 0.4) is 0 Å². The average Bonchev–Trinajstić information content (AvgIpc) is 2.28. The molecular formula is C13H25Cl3Si2V. The van der Waals surface area contributed by atoms with E-state index in [2.05, 4.69) is 64.4 Å². The first-order valence-electron chi connectivity index (χ1n) is 5.85. The fraction of sp³-hybridized carbons (Fsp3) is 0.615. The molecule has 0 heterocycles. The Hall–Kier alpha value is 1.24. The van der Waals surface area contributed by atoms with Crippen molar-refractivity contribution in [2.75, 3.05) is 0 Å². The molecule has 0 aliphatic heterocycles. The minimum atomic E-state index is -1.09. The van der Waals surface area contributed by atoms with Gasteiger partial charge >= 0.3 is 18.6 Å². The zero-order valence-electron chi connectivity index (χ0n) is 12.9. The molecule has 1 aromatic carbocycles. The van der Waals surface area contributed by atoms with Crippen molar-refractivity contribution >= 4 is 16.1 Å². The normalized spacial score (nSPS) is 10.7. The molecule has 0 spiro atoms. The van der Waals surface area contributed by atoms with Gasteiger partial charge in [0, 0.05) is 16.1 Å². The number of aryl methyl sites for hydroxylation is 1. The second kappa shape index (κ2) is 10.0. The van der Waals surface area contributed by atoms with Crippen LogP contribution >= 0.6 is 0 Å². The molecule has 0 unspecified atom stereocenters. The van der Waals surface area contributed by atoms with E-state index in [-0.39, 0.29) is 55.8 Å². The van der Waals surface area contributed by atoms with Gasteiger partial charge in [-0.05, 0) is 0 Å². The molecule has 0 bridgehead atoms. The van der Waals surface area contributed by atoms with E-state index in [1.807, 2.05) is 0 Å². The molecule has 0 amide bonds. The fourth-order valence-corrected chi connectivity index (χ4v) is 15.8. The molecular weight excluding hydrogens is 370 g/mol. The summed E-state index contributed by atoms with van der Waals surface area (Å²) in [5.74, 6) is 0. The van der Waals surface area contributed by atoms with Crippen molar-refractivity contribution in [3.63, 3.8) is 0 Å². The van der Waals surface area contributed by atoms with Crippen molar-refractivity contribution in [3.8, 4) is 0 Å². The summed E-state index contributed by atoms with van der Waals surface area (Å²) in [7, 11) is -2.18. The predicted octanol–water partition coefficient (Wildman–Crippen LogP) is -4.44. The van der Waals surface area contributed by atoms with Crippen molar-refractivity contribution in [2.24, 2.45) is 0 Å². The maximum atomic E-state index is 2.51. The smallest absolute Gasteiger partial charge is 1.00 e. The van der Waals surface area contributed by atoms with Crippen LogP contribution in [-0.4, -0.2) is 16.1 Å². The van der Waals surface area contributed by atoms with Gasteiger partial charge in [0.05, 0.1) is 0 Å². The Morgan fingerprint density at radius 3 is 1.47 bits per heavy atom. The van der Waals surface area contributed by atoms with Crippen molar-refractivity contribution in [1.29, 1.82) is 0 Å². The van der Waals surface area contributed by atoms with Crippen molar-refractivity contribution in [2.45, 2.75) is 51.4 Å². The van der Waals surface area contributed by atoms with Crippen LogP contribution in [0.4, 0.5) is 0 Å². The Balaban J connectivity index is -0.000000281. The molecule has 0 saturated heterocycles. The predicted molar refractivity (Wildman–Crippen MR) is 76.2 cm³/mol. The van der Waals surface area contributed by atoms with E-state index >= 15 is 0 Å². The molecule has 0 N–H and O–H groups in total. The molecule has 0 saturated carbocycles. The maximum Gasteiger partial charge on any atom is 4.00 e. The fourth-order valence-electron chi connectivity index (χ4n) is 3.07. The zero-order valence-corrected chi connectivity index (χ0v) is 18.6. The molecule has 0 aliphatic rings. The Kier molecular flexibility index (Phi) is 15.0. The van der Waals surface area contributed by atoms with E-state index in [1.54, 1.807) is 5.56 Å². The SMILES string of the molecule is C[c-]1ccc(C([Si](C)(C)C)[Si](C)(C)C)c1.[Cl-].[Cl-].[Cl-].[V+4]. The van der Waals surface area contributed by atoms with Gasteiger partial charge in [0.15, 0.2) is 0 Å². The summed E-state index contributed by atoms with van der Waals surface area (Å²) in [5, 5.41) is 0.888. The molecule has 1 radical (unpaired) electrons. The monoisotopic (exact) mass is 393 g/mol. The summed E-state index contributed by atoms with van der Waals surface area (Å²) in [6.45, 7) is 17.3. The Bertz CT molecular complexity index is 326. The third-order valence-electron chi connectivity index (χ3n) is 3.00. The molecule has 1 aromatic rings. The summed E-state index contributed by atoms with van der Waals surface area (Å²) in [4.78, 5) is 0. The second-order valence-electron chi connectivity index (χ2n) is 6.89. The van der Waals surface area contributed by atoms with Gasteiger partial charge in [-0.3, -0.25) is 0 Å². The summed E-state index contributed by atoms with van der Waals surface area (Å²) in [5.41, 5.74) is 3.04. The number of halogens is 3. The van der Waals surface area contributed by atoms with Crippen LogP contribution < -0.4 is 37.2 Å². The van der Waals surface area contributed by atoms with Gasteiger partial charge in [0.25, 0.3) is 0 Å². The first-order valence-corrected chi connectivity index (χ1v) is 13.0. The Labute approximate surface area is 152 Å². The van der Waals surface area contributed by atoms with Crippen LogP contribution in [0, 0.1) is 6.92 Å². The molecule has 111 valence electrons. The van der Waals surface area contributed by atoms with Gasteiger partial charge in [-0.25, -0.2) is 11.6 Å². The molecule has 0 fully saturated rings. The zero-order chi connectivity index (χ0) is 11.9. The van der Waals surface area contributed by atoms with Crippen molar-refractivity contribution < 1.29 is 55.8 Å². The first-order chi connectivity index (χ1) is 6.62. The summed E-state index contributed by atoms with van der Waals surface area (Å²) in [6.07, 6.45) is 0. The molecule has 1 rings (SSSR count). The van der Waals surface area contributed by atoms with E-state index in [0.717, 1.165) is 5.16 Å². The topological polar surface area (TPSA) is 0 Å². The van der Waals surface area contributed by atoms with Gasteiger partial charge in [-0.2, -0.15) is 17.7 Å². The van der Waals surface area contributed by atoms with Crippen LogP contribution in [0.5, 0.6) is 0 Å². The molecule has 0 nitrogen and oxygen atoms in total. The number of hydrogen-bond acceptors (Lipinski definition) is 0. The van der Waals surface area contributed by atoms with E-state index in [4.69, 9.17) is 0 Å². The number of rotatable bonds is 3. The van der Waals surface area contributed by atoms with Crippen LogP contribution in [0.2, 0.25) is 39.3 Å². The van der Waals surface area contributed by atoms with Crippen molar-refractivity contribution in [1.82, 2.24) is 0 Å². The van der Waals surface area contributed by atoms with Gasteiger partial charge < -0.3 is 37.2 Å². The largest absolute Gasteiger partial charge is 4.00 e. The van der Waals surface area contributed by atoms with Crippen LogP contribution in [-0.2, 0) is 18.6 Å². The summed E-state index contributed by atoms with van der Waals surface area (Å²) < 4.78 is 0. The summed E-state index contributed by atoms with van der Waals surface area (Å²) in [6, 6.07) is 7.03. The second-order valence-corrected chi connectivity index (χ2v) is 18.1. The third kappa shape index (κ3) is 8.30. The number of hydrogen-bond donors (Lipinski definition) is 0. The van der Waals surface area contributed by atoms with E-state index in [9.17, 15) is 0 Å². The van der Waals surface area contributed by atoms with Gasteiger partial charge in [-0.15, -0.1) is 0 Å². The minimum Gasteiger partial charge on any atom is -1.00 e. The van der Waals surface area contributed by atoms with Gasteiger partial charge in [0.2, 0.25) is 0 Å². The van der Waals surface area contributed by atoms with Crippen molar-refractivity contribution in [3.05, 3.63) is 29.3 Å². The maximum absolute atomic E-state index is 2.51. The Morgan fingerprint density at radius 1 is 0.895 bits per heavy atom. The molecule has 6 heteroatoms. The van der Waals surface area contributed by atoms with Crippen LogP contribution in [0.15, 0.2) is 18.2 Å². The average molecular weight is 395 g/mol. The molecule has 19 heavy (non-hydrogen) atoms. The first kappa shape index (κ1) is 28.4. The quantitative estimate of drug-likeness (QED) is 0.359. The van der Waals surface area contributed by atoms with E-state index in [0.29, 0.717) is 0 Å². The van der Waals surface area contributed by atoms with E-state index in [1.165, 1.54) is 5.56 Å². The molecule has 0 aliphatic carbocycles. The standard InChI is InChI=1S/C13H25Si2.3ClH.V/c1-11-8-9-12(10-11)13(14(2,3)4)15(5,6)7;;;;/h8-10,13H,1-7H3;3*1H;/q-1;;;;+4/p-3. The molecule has 0 aromatic heterocycles. The van der Waals surface area contributed by atoms with E-state index < -0.39 is 16.1 Å². The van der Waals surface area contributed by atoms with Crippen LogP contribution in [0.1, 0.15) is 16.3 Å². The van der Waals surface area contributed by atoms with Gasteiger partial charge in [-0.1, -0.05) is 51.4 Å². The van der Waals surface area contributed by atoms with Gasteiger partial charge in [0.1, 0.15) is 0 Å².